The molecule has 140 valence electrons. The first-order valence-electron chi connectivity index (χ1n) is 8.73. The molecule has 0 saturated carbocycles. The van der Waals surface area contributed by atoms with E-state index in [0.717, 1.165) is 16.6 Å². The van der Waals surface area contributed by atoms with Crippen LogP contribution in [-0.2, 0) is 6.54 Å². The number of halogens is 2. The summed E-state index contributed by atoms with van der Waals surface area (Å²) in [7, 11) is 0. The highest BCUT2D eigenvalue weighted by Gasteiger charge is 2.16. The number of nitrogens with one attached hydrogen (secondary N) is 1. The molecule has 3 aromatic heterocycles. The largest absolute Gasteiger partial charge is 0.340 e. The predicted octanol–water partition coefficient (Wildman–Crippen LogP) is 5.53. The van der Waals surface area contributed by atoms with Crippen LogP contribution in [-0.4, -0.2) is 14.5 Å². The molecular weight excluding hydrogens is 395 g/mol. The first-order valence-corrected chi connectivity index (χ1v) is 9.49. The van der Waals surface area contributed by atoms with Crippen LogP contribution in [0.3, 0.4) is 0 Å². The van der Waals surface area contributed by atoms with Crippen molar-refractivity contribution in [2.75, 3.05) is 5.32 Å². The van der Waals surface area contributed by atoms with Gasteiger partial charge >= 0.3 is 0 Å². The Kier molecular flexibility index (Phi) is 5.03. The predicted molar refractivity (Wildman–Crippen MR) is 115 cm³/mol. The summed E-state index contributed by atoms with van der Waals surface area (Å²) in [5, 5.41) is 4.93. The fourth-order valence-electron chi connectivity index (χ4n) is 3.17. The molecule has 0 aliphatic carbocycles. The molecule has 5 nitrogen and oxygen atoms in total. The monoisotopic (exact) mass is 410 g/mol. The number of pyridine rings is 3. The first-order chi connectivity index (χ1) is 13.6. The molecule has 0 spiro atoms. The third-order valence-corrected chi connectivity index (χ3v) is 5.11. The summed E-state index contributed by atoms with van der Waals surface area (Å²) in [6.45, 7) is 2.43. The number of benzene rings is 1. The van der Waals surface area contributed by atoms with Crippen molar-refractivity contribution in [3.05, 3.63) is 81.5 Å². The molecule has 1 N–H and O–H groups in total. The van der Waals surface area contributed by atoms with Gasteiger partial charge in [-0.05, 0) is 37.3 Å². The van der Waals surface area contributed by atoms with Gasteiger partial charge in [0.15, 0.2) is 0 Å². The second-order valence-corrected chi connectivity index (χ2v) is 7.01. The molecule has 0 amide bonds. The standard InChI is InChI=1S/C21H16Cl2N4O/c1-2-27-18-11-19(26-14-6-8-24-9-7-14)25-12-13(18)10-15(21(27)28)20-16(22)4-3-5-17(20)23/h3-12H,2H2,1H3,(H,24,25,26). The van der Waals surface area contributed by atoms with Gasteiger partial charge in [-0.2, -0.15) is 0 Å². The lowest BCUT2D eigenvalue weighted by molar-refractivity contribution is 0.761. The van der Waals surface area contributed by atoms with Crippen LogP contribution in [0.2, 0.25) is 10.0 Å². The van der Waals surface area contributed by atoms with E-state index in [2.05, 4.69) is 15.3 Å². The fourth-order valence-corrected chi connectivity index (χ4v) is 3.77. The average Bonchev–Trinajstić information content (AvgIpc) is 2.69. The lowest BCUT2D eigenvalue weighted by Crippen LogP contribution is -2.21. The number of anilines is 2. The molecule has 4 aromatic rings. The van der Waals surface area contributed by atoms with E-state index in [1.165, 1.54) is 0 Å². The third kappa shape index (κ3) is 3.35. The van der Waals surface area contributed by atoms with Crippen LogP contribution in [0.15, 0.2) is 65.8 Å². The second-order valence-electron chi connectivity index (χ2n) is 6.19. The van der Waals surface area contributed by atoms with E-state index in [0.29, 0.717) is 33.5 Å². The molecule has 0 bridgehead atoms. The van der Waals surface area contributed by atoms with Crippen LogP contribution >= 0.6 is 23.2 Å². The maximum absolute atomic E-state index is 13.2. The summed E-state index contributed by atoms with van der Waals surface area (Å²) in [5.74, 6) is 0.642. The molecule has 1 aromatic carbocycles. The minimum Gasteiger partial charge on any atom is -0.340 e. The number of rotatable bonds is 4. The van der Waals surface area contributed by atoms with Crippen molar-refractivity contribution in [2.24, 2.45) is 0 Å². The molecule has 0 saturated heterocycles. The van der Waals surface area contributed by atoms with Crippen LogP contribution in [0.4, 0.5) is 11.5 Å². The maximum Gasteiger partial charge on any atom is 0.259 e. The van der Waals surface area contributed by atoms with Gasteiger partial charge in [0, 0.05) is 47.8 Å². The number of hydrogen-bond donors (Lipinski definition) is 1. The number of nitrogens with zero attached hydrogens (tertiary/aromatic N) is 3. The molecule has 4 rings (SSSR count). The van der Waals surface area contributed by atoms with Gasteiger partial charge in [0.05, 0.1) is 21.1 Å². The van der Waals surface area contributed by atoms with Crippen LogP contribution in [0.1, 0.15) is 6.92 Å². The van der Waals surface area contributed by atoms with E-state index in [4.69, 9.17) is 23.2 Å². The van der Waals surface area contributed by atoms with Gasteiger partial charge < -0.3 is 9.88 Å². The molecule has 3 heterocycles. The van der Waals surface area contributed by atoms with Gasteiger partial charge in [0.1, 0.15) is 5.82 Å². The lowest BCUT2D eigenvalue weighted by atomic mass is 10.0. The SMILES string of the molecule is CCn1c(=O)c(-c2c(Cl)cccc2Cl)cc2cnc(Nc3ccncc3)cc21. The minimum atomic E-state index is -0.147. The Bertz CT molecular complexity index is 1200. The fraction of sp³-hybridized carbons (Fsp3) is 0.0952. The Morgan fingerprint density at radius 2 is 1.79 bits per heavy atom. The molecule has 0 unspecified atom stereocenters. The molecule has 28 heavy (non-hydrogen) atoms. The van der Waals surface area contributed by atoms with Gasteiger partial charge in [-0.25, -0.2) is 4.98 Å². The second kappa shape index (κ2) is 7.62. The smallest absolute Gasteiger partial charge is 0.259 e. The van der Waals surface area contributed by atoms with Crippen molar-refractivity contribution in [1.82, 2.24) is 14.5 Å². The summed E-state index contributed by atoms with van der Waals surface area (Å²) in [5.41, 5.74) is 2.50. The van der Waals surface area contributed by atoms with Crippen molar-refractivity contribution in [3.8, 4) is 11.1 Å². The molecule has 0 fully saturated rings. The molecule has 7 heteroatoms. The highest BCUT2D eigenvalue weighted by molar-refractivity contribution is 6.39. The summed E-state index contributed by atoms with van der Waals surface area (Å²) in [6, 6.07) is 12.6. The Balaban J connectivity index is 1.89. The highest BCUT2D eigenvalue weighted by Crippen LogP contribution is 2.34. The van der Waals surface area contributed by atoms with Crippen molar-refractivity contribution in [1.29, 1.82) is 0 Å². The summed E-state index contributed by atoms with van der Waals surface area (Å²) >= 11 is 12.7. The van der Waals surface area contributed by atoms with Crippen molar-refractivity contribution >= 4 is 45.6 Å². The van der Waals surface area contributed by atoms with Crippen LogP contribution in [0.5, 0.6) is 0 Å². The van der Waals surface area contributed by atoms with Crippen molar-refractivity contribution in [3.63, 3.8) is 0 Å². The van der Waals surface area contributed by atoms with Gasteiger partial charge in [-0.1, -0.05) is 29.3 Å². The minimum absolute atomic E-state index is 0.147. The average molecular weight is 411 g/mol. The van der Waals surface area contributed by atoms with Gasteiger partial charge in [-0.3, -0.25) is 9.78 Å². The Morgan fingerprint density at radius 3 is 2.46 bits per heavy atom. The third-order valence-electron chi connectivity index (χ3n) is 4.48. The Labute approximate surface area is 171 Å². The topological polar surface area (TPSA) is 59.8 Å². The number of aryl methyl sites for hydroxylation is 1. The maximum atomic E-state index is 13.2. The van der Waals surface area contributed by atoms with Crippen LogP contribution in [0, 0.1) is 0 Å². The van der Waals surface area contributed by atoms with E-state index in [1.54, 1.807) is 47.4 Å². The molecule has 0 aliphatic rings. The van der Waals surface area contributed by atoms with E-state index in [-0.39, 0.29) is 5.56 Å². The number of aromatic nitrogens is 3. The molecule has 0 atom stereocenters. The molecular formula is C21H16Cl2N4O. The number of fused-ring (bicyclic) bond motifs is 1. The van der Waals surface area contributed by atoms with E-state index in [1.807, 2.05) is 25.1 Å². The van der Waals surface area contributed by atoms with Crippen molar-refractivity contribution < 1.29 is 0 Å². The highest BCUT2D eigenvalue weighted by atomic mass is 35.5. The lowest BCUT2D eigenvalue weighted by Gasteiger charge is -2.14. The van der Waals surface area contributed by atoms with E-state index in [9.17, 15) is 4.79 Å². The van der Waals surface area contributed by atoms with Gasteiger partial charge in [0.2, 0.25) is 0 Å². The summed E-state index contributed by atoms with van der Waals surface area (Å²) < 4.78 is 1.70. The number of hydrogen-bond acceptors (Lipinski definition) is 4. The quantitative estimate of drug-likeness (QED) is 0.480. The zero-order valence-corrected chi connectivity index (χ0v) is 16.5. The van der Waals surface area contributed by atoms with Gasteiger partial charge in [0.25, 0.3) is 5.56 Å². The normalized spacial score (nSPS) is 11.0. The van der Waals surface area contributed by atoms with E-state index >= 15 is 0 Å². The molecule has 0 aliphatic heterocycles. The Morgan fingerprint density at radius 1 is 1.07 bits per heavy atom. The molecule has 0 radical (unpaired) electrons. The summed E-state index contributed by atoms with van der Waals surface area (Å²) in [6.07, 6.45) is 5.13. The first kappa shape index (κ1) is 18.5. The van der Waals surface area contributed by atoms with Gasteiger partial charge in [-0.15, -0.1) is 0 Å². The Hall–Kier alpha value is -2.89. The van der Waals surface area contributed by atoms with Crippen molar-refractivity contribution in [2.45, 2.75) is 13.5 Å². The zero-order chi connectivity index (χ0) is 19.7. The van der Waals surface area contributed by atoms with Crippen LogP contribution in [0.25, 0.3) is 22.0 Å². The zero-order valence-electron chi connectivity index (χ0n) is 15.0. The van der Waals surface area contributed by atoms with E-state index < -0.39 is 0 Å². The summed E-state index contributed by atoms with van der Waals surface area (Å²) in [4.78, 5) is 21.7. The van der Waals surface area contributed by atoms with Crippen LogP contribution < -0.4 is 10.9 Å².